The summed E-state index contributed by atoms with van der Waals surface area (Å²) >= 11 is 0. The molecule has 0 saturated heterocycles. The predicted molar refractivity (Wildman–Crippen MR) is 69.3 cm³/mol. The van der Waals surface area contributed by atoms with E-state index in [4.69, 9.17) is 4.42 Å². The molecular formula is C15H22O3. The van der Waals surface area contributed by atoms with Gasteiger partial charge in [0.15, 0.2) is 0 Å². The lowest BCUT2D eigenvalue weighted by Crippen LogP contribution is -2.37. The normalized spacial score (nSPS) is 28.2. The molecule has 0 bridgehead atoms. The van der Waals surface area contributed by atoms with Gasteiger partial charge in [-0.15, -0.1) is 0 Å². The first-order valence-corrected chi connectivity index (χ1v) is 6.91. The van der Waals surface area contributed by atoms with E-state index in [2.05, 4.69) is 6.92 Å². The van der Waals surface area contributed by atoms with Crippen molar-refractivity contribution in [1.29, 1.82) is 0 Å². The second-order valence-corrected chi connectivity index (χ2v) is 5.63. The lowest BCUT2D eigenvalue weighted by atomic mass is 9.67. The highest BCUT2D eigenvalue weighted by atomic mass is 16.4. The van der Waals surface area contributed by atoms with Gasteiger partial charge < -0.3 is 9.52 Å². The van der Waals surface area contributed by atoms with E-state index in [1.807, 2.05) is 6.07 Å². The molecule has 0 radical (unpaired) electrons. The summed E-state index contributed by atoms with van der Waals surface area (Å²) < 4.78 is 5.05. The van der Waals surface area contributed by atoms with Crippen LogP contribution in [0.1, 0.15) is 51.0 Å². The second kappa shape index (κ2) is 5.59. The number of carboxylic acids is 1. The SMILES string of the molecule is CCCC1CCC(Cc2ccoc2)(C(=O)O)CC1. The molecule has 0 aliphatic heterocycles. The molecule has 0 unspecified atom stereocenters. The summed E-state index contributed by atoms with van der Waals surface area (Å²) in [5.41, 5.74) is 0.444. The average molecular weight is 250 g/mol. The monoisotopic (exact) mass is 250 g/mol. The van der Waals surface area contributed by atoms with Gasteiger partial charge in [0.2, 0.25) is 0 Å². The predicted octanol–water partition coefficient (Wildman–Crippen LogP) is 3.88. The Labute approximate surface area is 108 Å². The van der Waals surface area contributed by atoms with E-state index in [-0.39, 0.29) is 0 Å². The van der Waals surface area contributed by atoms with Crippen molar-refractivity contribution in [3.8, 4) is 0 Å². The second-order valence-electron chi connectivity index (χ2n) is 5.63. The van der Waals surface area contributed by atoms with Crippen LogP contribution in [0, 0.1) is 11.3 Å². The maximum atomic E-state index is 11.6. The maximum absolute atomic E-state index is 11.6. The van der Waals surface area contributed by atoms with Crippen molar-refractivity contribution in [3.05, 3.63) is 24.2 Å². The zero-order valence-corrected chi connectivity index (χ0v) is 11.0. The fourth-order valence-corrected chi connectivity index (χ4v) is 3.18. The Hall–Kier alpha value is -1.25. The Morgan fingerprint density at radius 2 is 2.22 bits per heavy atom. The van der Waals surface area contributed by atoms with Gasteiger partial charge >= 0.3 is 5.97 Å². The molecule has 1 fully saturated rings. The number of carboxylic acid groups (broad SMARTS) is 1. The number of rotatable bonds is 5. The van der Waals surface area contributed by atoms with E-state index in [0.717, 1.165) is 37.2 Å². The van der Waals surface area contributed by atoms with Crippen LogP contribution in [0.15, 0.2) is 23.0 Å². The molecular weight excluding hydrogens is 228 g/mol. The minimum Gasteiger partial charge on any atom is -0.481 e. The van der Waals surface area contributed by atoms with Crippen LogP contribution in [-0.4, -0.2) is 11.1 Å². The van der Waals surface area contributed by atoms with E-state index in [1.165, 1.54) is 12.8 Å². The molecule has 1 aromatic rings. The first-order valence-electron chi connectivity index (χ1n) is 6.91. The molecule has 0 spiro atoms. The Kier molecular flexibility index (Phi) is 4.10. The molecule has 1 aromatic heterocycles. The average Bonchev–Trinajstić information content (AvgIpc) is 2.84. The van der Waals surface area contributed by atoms with Gasteiger partial charge in [0.1, 0.15) is 0 Å². The minimum atomic E-state index is -0.640. The molecule has 1 aliphatic rings. The largest absolute Gasteiger partial charge is 0.481 e. The molecule has 100 valence electrons. The van der Waals surface area contributed by atoms with E-state index >= 15 is 0 Å². The van der Waals surface area contributed by atoms with Crippen molar-refractivity contribution >= 4 is 5.97 Å². The van der Waals surface area contributed by atoms with Gasteiger partial charge in [-0.1, -0.05) is 19.8 Å². The standard InChI is InChI=1S/C15H22O3/c1-2-3-12-4-7-15(8-5-12,14(16)17)10-13-6-9-18-11-13/h6,9,11-12H,2-5,7-8,10H2,1H3,(H,16,17). The molecule has 3 heteroatoms. The van der Waals surface area contributed by atoms with Crippen LogP contribution in [0.5, 0.6) is 0 Å². The summed E-state index contributed by atoms with van der Waals surface area (Å²) in [6.07, 6.45) is 10.0. The van der Waals surface area contributed by atoms with Gasteiger partial charge in [0.25, 0.3) is 0 Å². The zero-order chi connectivity index (χ0) is 13.0. The molecule has 18 heavy (non-hydrogen) atoms. The Bertz CT molecular complexity index is 372. The number of aliphatic carboxylic acids is 1. The number of hydrogen-bond acceptors (Lipinski definition) is 2. The van der Waals surface area contributed by atoms with Crippen molar-refractivity contribution in [1.82, 2.24) is 0 Å². The maximum Gasteiger partial charge on any atom is 0.309 e. The van der Waals surface area contributed by atoms with Crippen molar-refractivity contribution in [2.24, 2.45) is 11.3 Å². The van der Waals surface area contributed by atoms with Crippen LogP contribution in [0.4, 0.5) is 0 Å². The van der Waals surface area contributed by atoms with E-state index < -0.39 is 11.4 Å². The molecule has 1 N–H and O–H groups in total. The molecule has 0 aromatic carbocycles. The highest BCUT2D eigenvalue weighted by molar-refractivity contribution is 5.75. The van der Waals surface area contributed by atoms with Crippen LogP contribution in [0.3, 0.4) is 0 Å². The number of furan rings is 1. The third kappa shape index (κ3) is 2.77. The minimum absolute atomic E-state index is 0.561. The van der Waals surface area contributed by atoms with Gasteiger partial charge in [0.05, 0.1) is 17.9 Å². The van der Waals surface area contributed by atoms with E-state index in [0.29, 0.717) is 6.42 Å². The van der Waals surface area contributed by atoms with Gasteiger partial charge in [0, 0.05) is 0 Å². The van der Waals surface area contributed by atoms with E-state index in [1.54, 1.807) is 12.5 Å². The van der Waals surface area contributed by atoms with Gasteiger partial charge in [-0.2, -0.15) is 0 Å². The Morgan fingerprint density at radius 1 is 1.50 bits per heavy atom. The Morgan fingerprint density at radius 3 is 2.72 bits per heavy atom. The lowest BCUT2D eigenvalue weighted by Gasteiger charge is -2.36. The zero-order valence-electron chi connectivity index (χ0n) is 11.0. The van der Waals surface area contributed by atoms with Crippen LogP contribution < -0.4 is 0 Å². The lowest BCUT2D eigenvalue weighted by molar-refractivity contribution is -0.151. The summed E-state index contributed by atoms with van der Waals surface area (Å²) in [4.78, 5) is 11.6. The third-order valence-corrected chi connectivity index (χ3v) is 4.34. The van der Waals surface area contributed by atoms with Gasteiger partial charge in [-0.25, -0.2) is 0 Å². The fraction of sp³-hybridized carbons (Fsp3) is 0.667. The van der Waals surface area contributed by atoms with Crippen molar-refractivity contribution in [3.63, 3.8) is 0 Å². The van der Waals surface area contributed by atoms with Crippen LogP contribution in [-0.2, 0) is 11.2 Å². The molecule has 1 saturated carbocycles. The summed E-state index contributed by atoms with van der Waals surface area (Å²) in [5, 5.41) is 9.57. The molecule has 1 heterocycles. The molecule has 3 nitrogen and oxygen atoms in total. The topological polar surface area (TPSA) is 50.4 Å². The van der Waals surface area contributed by atoms with Crippen molar-refractivity contribution in [2.75, 3.05) is 0 Å². The number of carbonyl (C=O) groups is 1. The van der Waals surface area contributed by atoms with Crippen molar-refractivity contribution < 1.29 is 14.3 Å². The number of hydrogen-bond donors (Lipinski definition) is 1. The summed E-state index contributed by atoms with van der Waals surface area (Å²) in [7, 11) is 0. The Balaban J connectivity index is 2.03. The third-order valence-electron chi connectivity index (χ3n) is 4.34. The van der Waals surface area contributed by atoms with E-state index in [9.17, 15) is 9.90 Å². The van der Waals surface area contributed by atoms with Gasteiger partial charge in [-0.05, 0) is 49.7 Å². The first-order chi connectivity index (χ1) is 8.66. The molecule has 0 atom stereocenters. The molecule has 0 amide bonds. The fourth-order valence-electron chi connectivity index (χ4n) is 3.18. The highest BCUT2D eigenvalue weighted by Crippen LogP contribution is 2.43. The van der Waals surface area contributed by atoms with Gasteiger partial charge in [-0.3, -0.25) is 4.79 Å². The first kappa shape index (κ1) is 13.2. The molecule has 2 rings (SSSR count). The summed E-state index contributed by atoms with van der Waals surface area (Å²) in [5.74, 6) is 0.0884. The quantitative estimate of drug-likeness (QED) is 0.862. The van der Waals surface area contributed by atoms with Crippen molar-refractivity contribution in [2.45, 2.75) is 51.9 Å². The van der Waals surface area contributed by atoms with Crippen LogP contribution in [0.2, 0.25) is 0 Å². The summed E-state index contributed by atoms with van der Waals surface area (Å²) in [6.45, 7) is 2.20. The summed E-state index contributed by atoms with van der Waals surface area (Å²) in [6, 6.07) is 1.88. The highest BCUT2D eigenvalue weighted by Gasteiger charge is 2.41. The van der Waals surface area contributed by atoms with Crippen LogP contribution in [0.25, 0.3) is 0 Å². The smallest absolute Gasteiger partial charge is 0.309 e. The molecule has 1 aliphatic carbocycles. The van der Waals surface area contributed by atoms with Crippen LogP contribution >= 0.6 is 0 Å².